The van der Waals surface area contributed by atoms with Crippen LogP contribution in [0, 0.1) is 5.82 Å². The minimum absolute atomic E-state index is 0.0579. The van der Waals surface area contributed by atoms with Gasteiger partial charge in [-0.15, -0.1) is 0 Å². The molecule has 94 valence electrons. The Kier molecular flexibility index (Phi) is 3.46. The van der Waals surface area contributed by atoms with E-state index in [1.54, 1.807) is 6.07 Å². The van der Waals surface area contributed by atoms with Gasteiger partial charge in [0.1, 0.15) is 5.82 Å². The topological polar surface area (TPSA) is 55.4 Å². The van der Waals surface area contributed by atoms with Gasteiger partial charge >= 0.3 is 0 Å². The molecule has 0 radical (unpaired) electrons. The summed E-state index contributed by atoms with van der Waals surface area (Å²) in [6.07, 6.45) is 1.18. The number of rotatable bonds is 3. The van der Waals surface area contributed by atoms with Gasteiger partial charge in [0.25, 0.3) is 10.1 Å². The average molecular weight is 259 g/mol. The summed E-state index contributed by atoms with van der Waals surface area (Å²) in [5.74, 6) is -0.295. The fourth-order valence-corrected chi connectivity index (χ4v) is 2.64. The third-order valence-corrected chi connectivity index (χ3v) is 3.27. The Hall–Kier alpha value is -0.980. The van der Waals surface area contributed by atoms with Crippen LogP contribution in [0.5, 0.6) is 0 Å². The summed E-state index contributed by atoms with van der Waals surface area (Å²) in [6.45, 7) is 0.453. The van der Waals surface area contributed by atoms with Crippen LogP contribution in [-0.2, 0) is 14.3 Å². The van der Waals surface area contributed by atoms with E-state index in [1.807, 2.05) is 6.07 Å². The third-order valence-electron chi connectivity index (χ3n) is 2.65. The van der Waals surface area contributed by atoms with Crippen molar-refractivity contribution in [1.29, 1.82) is 0 Å². The first-order valence-corrected chi connectivity index (χ1v) is 7.13. The maximum absolute atomic E-state index is 13.0. The van der Waals surface area contributed by atoms with Crippen LogP contribution in [0.2, 0.25) is 0 Å². The van der Waals surface area contributed by atoms with Crippen LogP contribution < -0.4 is 5.32 Å². The van der Waals surface area contributed by atoms with Gasteiger partial charge in [-0.2, -0.15) is 8.42 Å². The predicted molar refractivity (Wildman–Crippen MR) is 61.5 cm³/mol. The van der Waals surface area contributed by atoms with Gasteiger partial charge in [-0.05, 0) is 24.1 Å². The minimum Gasteiger partial charge on any atom is -0.307 e. The zero-order chi connectivity index (χ0) is 12.5. The molecule has 0 amide bonds. The van der Waals surface area contributed by atoms with Crippen LogP contribution in [-0.4, -0.2) is 27.3 Å². The molecule has 0 bridgehead atoms. The monoisotopic (exact) mass is 259 g/mol. The molecule has 1 aliphatic rings. The fourth-order valence-electron chi connectivity index (χ4n) is 2.00. The molecule has 0 saturated carbocycles. The van der Waals surface area contributed by atoms with E-state index in [0.717, 1.165) is 11.8 Å². The Labute approximate surface area is 99.9 Å². The van der Waals surface area contributed by atoms with E-state index in [2.05, 4.69) is 5.32 Å². The van der Waals surface area contributed by atoms with Gasteiger partial charge in [-0.3, -0.25) is 4.18 Å². The minimum atomic E-state index is -3.44. The normalized spacial score (nSPS) is 25.1. The van der Waals surface area contributed by atoms with Gasteiger partial charge in [0, 0.05) is 12.6 Å². The second-order valence-electron chi connectivity index (χ2n) is 4.17. The average Bonchev–Trinajstić information content (AvgIpc) is 2.63. The molecule has 2 atom stereocenters. The number of halogens is 1. The molecule has 0 aromatic heterocycles. The van der Waals surface area contributed by atoms with E-state index in [4.69, 9.17) is 4.18 Å². The van der Waals surface area contributed by atoms with Crippen molar-refractivity contribution in [3.05, 3.63) is 35.6 Å². The SMILES string of the molecule is CS(=O)(=O)OC1CNC(c2cccc(F)c2)C1. The molecule has 4 nitrogen and oxygen atoms in total. The van der Waals surface area contributed by atoms with Crippen molar-refractivity contribution in [2.24, 2.45) is 0 Å². The highest BCUT2D eigenvalue weighted by atomic mass is 32.2. The quantitative estimate of drug-likeness (QED) is 0.829. The summed E-state index contributed by atoms with van der Waals surface area (Å²) in [4.78, 5) is 0. The summed E-state index contributed by atoms with van der Waals surface area (Å²) >= 11 is 0. The van der Waals surface area contributed by atoms with Crippen LogP contribution in [0.1, 0.15) is 18.0 Å². The highest BCUT2D eigenvalue weighted by Crippen LogP contribution is 2.25. The van der Waals surface area contributed by atoms with E-state index in [9.17, 15) is 12.8 Å². The Morgan fingerprint density at radius 1 is 1.47 bits per heavy atom. The molecule has 1 N–H and O–H groups in total. The Morgan fingerprint density at radius 2 is 2.24 bits per heavy atom. The molecule has 17 heavy (non-hydrogen) atoms. The molecule has 1 saturated heterocycles. The second-order valence-corrected chi connectivity index (χ2v) is 5.77. The maximum Gasteiger partial charge on any atom is 0.264 e. The highest BCUT2D eigenvalue weighted by molar-refractivity contribution is 7.86. The van der Waals surface area contributed by atoms with Crippen molar-refractivity contribution in [1.82, 2.24) is 5.32 Å². The maximum atomic E-state index is 13.0. The standard InChI is InChI=1S/C11H14FNO3S/c1-17(14,15)16-10-6-11(13-7-10)8-3-2-4-9(12)5-8/h2-5,10-11,13H,6-7H2,1H3. The number of hydrogen-bond donors (Lipinski definition) is 1. The summed E-state index contributed by atoms with van der Waals surface area (Å²) in [6, 6.07) is 6.21. The number of nitrogens with one attached hydrogen (secondary N) is 1. The molecule has 0 aliphatic carbocycles. The Balaban J connectivity index is 2.03. The molecule has 2 unspecified atom stereocenters. The van der Waals surface area contributed by atoms with E-state index in [1.165, 1.54) is 12.1 Å². The first kappa shape index (κ1) is 12.5. The van der Waals surface area contributed by atoms with Gasteiger partial charge in [0.15, 0.2) is 0 Å². The lowest BCUT2D eigenvalue weighted by atomic mass is 10.0. The molecule has 6 heteroatoms. The van der Waals surface area contributed by atoms with E-state index in [0.29, 0.717) is 13.0 Å². The van der Waals surface area contributed by atoms with E-state index in [-0.39, 0.29) is 18.0 Å². The first-order valence-electron chi connectivity index (χ1n) is 5.31. The summed E-state index contributed by atoms with van der Waals surface area (Å²) in [5, 5.41) is 3.12. The molecular weight excluding hydrogens is 245 g/mol. The van der Waals surface area contributed by atoms with Crippen molar-refractivity contribution in [3.8, 4) is 0 Å². The van der Waals surface area contributed by atoms with Gasteiger partial charge < -0.3 is 5.32 Å². The van der Waals surface area contributed by atoms with Gasteiger partial charge in [-0.1, -0.05) is 12.1 Å². The second kappa shape index (κ2) is 4.72. The molecule has 1 heterocycles. The first-order chi connectivity index (χ1) is 7.94. The number of hydrogen-bond acceptors (Lipinski definition) is 4. The molecule has 0 spiro atoms. The molecule has 1 aromatic rings. The lowest BCUT2D eigenvalue weighted by Crippen LogP contribution is -2.20. The molecule has 2 rings (SSSR count). The van der Waals surface area contributed by atoms with Crippen molar-refractivity contribution in [2.75, 3.05) is 12.8 Å². The van der Waals surface area contributed by atoms with Crippen LogP contribution >= 0.6 is 0 Å². The molecule has 1 aromatic carbocycles. The van der Waals surface area contributed by atoms with Crippen molar-refractivity contribution in [2.45, 2.75) is 18.6 Å². The van der Waals surface area contributed by atoms with Gasteiger partial charge in [-0.25, -0.2) is 4.39 Å². The van der Waals surface area contributed by atoms with Crippen molar-refractivity contribution in [3.63, 3.8) is 0 Å². The smallest absolute Gasteiger partial charge is 0.264 e. The summed E-state index contributed by atoms with van der Waals surface area (Å²) < 4.78 is 39.9. The lowest BCUT2D eigenvalue weighted by Gasteiger charge is -2.10. The zero-order valence-electron chi connectivity index (χ0n) is 9.39. The third kappa shape index (κ3) is 3.49. The van der Waals surface area contributed by atoms with Crippen molar-refractivity contribution >= 4 is 10.1 Å². The molecular formula is C11H14FNO3S. The number of benzene rings is 1. The van der Waals surface area contributed by atoms with Gasteiger partial charge in [0.05, 0.1) is 12.4 Å². The fraction of sp³-hybridized carbons (Fsp3) is 0.455. The molecule has 1 aliphatic heterocycles. The van der Waals surface area contributed by atoms with Crippen LogP contribution in [0.4, 0.5) is 4.39 Å². The summed E-state index contributed by atoms with van der Waals surface area (Å²) in [7, 11) is -3.44. The summed E-state index contributed by atoms with van der Waals surface area (Å²) in [5.41, 5.74) is 0.810. The zero-order valence-corrected chi connectivity index (χ0v) is 10.2. The van der Waals surface area contributed by atoms with E-state index >= 15 is 0 Å². The Morgan fingerprint density at radius 3 is 2.88 bits per heavy atom. The van der Waals surface area contributed by atoms with Crippen LogP contribution in [0.25, 0.3) is 0 Å². The largest absolute Gasteiger partial charge is 0.307 e. The van der Waals surface area contributed by atoms with E-state index < -0.39 is 10.1 Å². The predicted octanol–water partition coefficient (Wildman–Crippen LogP) is 1.20. The molecule has 1 fully saturated rings. The van der Waals surface area contributed by atoms with Crippen molar-refractivity contribution < 1.29 is 17.0 Å². The highest BCUT2D eigenvalue weighted by Gasteiger charge is 2.28. The lowest BCUT2D eigenvalue weighted by molar-refractivity contribution is 0.229. The van der Waals surface area contributed by atoms with Gasteiger partial charge in [0.2, 0.25) is 0 Å². The van der Waals surface area contributed by atoms with Crippen LogP contribution in [0.15, 0.2) is 24.3 Å². The Bertz CT molecular complexity index is 503. The van der Waals surface area contributed by atoms with Crippen LogP contribution in [0.3, 0.4) is 0 Å².